The molecule has 1 fully saturated rings. The van der Waals surface area contributed by atoms with Crippen LogP contribution >= 0.6 is 0 Å². The van der Waals surface area contributed by atoms with Crippen LogP contribution in [0, 0.1) is 17.5 Å². The van der Waals surface area contributed by atoms with Gasteiger partial charge in [-0.15, -0.1) is 0 Å². The summed E-state index contributed by atoms with van der Waals surface area (Å²) in [6, 6.07) is 2.34. The average molecular weight is 525 g/mol. The Balaban J connectivity index is 0.000000198. The van der Waals surface area contributed by atoms with E-state index < -0.39 is 40.5 Å². The summed E-state index contributed by atoms with van der Waals surface area (Å²) in [5.41, 5.74) is -1.67. The molecule has 0 radical (unpaired) electrons. The topological polar surface area (TPSA) is 148 Å². The first-order valence-electron chi connectivity index (χ1n) is 11.9. The van der Waals surface area contributed by atoms with E-state index in [-0.39, 0.29) is 22.2 Å². The largest absolute Gasteiger partial charge is 0.504 e. The number of carbonyl (C=O) groups is 1. The van der Waals surface area contributed by atoms with Gasteiger partial charge in [-0.05, 0) is 38.3 Å². The first-order chi connectivity index (χ1) is 17.5. The number of aliphatic hydroxyl groups is 1. The van der Waals surface area contributed by atoms with Crippen molar-refractivity contribution in [1.29, 1.82) is 0 Å². The number of phenolic OH excluding ortho intramolecular Hbond substituents is 1. The van der Waals surface area contributed by atoms with Crippen LogP contribution < -0.4 is 16.6 Å². The maximum Gasteiger partial charge on any atom is 0.326 e. The molecule has 3 aromatic rings. The summed E-state index contributed by atoms with van der Waals surface area (Å²) in [5.74, 6) is -3.17. The zero-order valence-corrected chi connectivity index (χ0v) is 20.6. The van der Waals surface area contributed by atoms with Crippen LogP contribution in [0.5, 0.6) is 5.75 Å². The van der Waals surface area contributed by atoms with E-state index in [1.807, 2.05) is 4.98 Å². The highest BCUT2D eigenvalue weighted by Crippen LogP contribution is 2.31. The fraction of sp³-hybridized carbons (Fsp3) is 0.440. The Kier molecular flexibility index (Phi) is 10.9. The van der Waals surface area contributed by atoms with E-state index in [4.69, 9.17) is 0 Å². The van der Waals surface area contributed by atoms with Crippen molar-refractivity contribution in [3.63, 3.8) is 0 Å². The summed E-state index contributed by atoms with van der Waals surface area (Å²) in [7, 11) is 0. The summed E-state index contributed by atoms with van der Waals surface area (Å²) in [6.45, 7) is 3.70. The lowest BCUT2D eigenvalue weighted by molar-refractivity contribution is -0.110. The zero-order chi connectivity index (χ0) is 27.6. The Morgan fingerprint density at radius 3 is 2.41 bits per heavy atom. The molecule has 2 aromatic heterocycles. The lowest BCUT2D eigenvalue weighted by Gasteiger charge is -2.31. The summed E-state index contributed by atoms with van der Waals surface area (Å²) < 4.78 is 38.2. The SMILES string of the molecule is CC(NC=O)c1ncc(F)cc1F.CCCC1(O)CCCCC1.O=c1[nH]c(=O)c2c(O)c(F)ccc2[nH]1. The molecule has 1 amide bonds. The van der Waals surface area contributed by atoms with Crippen LogP contribution in [0.4, 0.5) is 13.2 Å². The van der Waals surface area contributed by atoms with Crippen molar-refractivity contribution < 1.29 is 28.2 Å². The standard InChI is InChI=1S/C9H18O.C8H8F2N2O.C8H5FN2O3/c1-2-6-9(10)7-4-3-5-8-9;1-5(12-4-13)8-7(10)2-6(9)3-11-8;9-3-1-2-4-5(6(3)12)7(13)11-8(14)10-4/h10H,2-8H2,1H3;2-5H,1H3,(H,12,13);1-2,12H,(H2,10,11,13,14). The van der Waals surface area contributed by atoms with E-state index in [0.29, 0.717) is 6.41 Å². The number of rotatable bonds is 5. The Morgan fingerprint density at radius 1 is 1.14 bits per heavy atom. The number of pyridine rings is 1. The highest BCUT2D eigenvalue weighted by molar-refractivity contribution is 5.83. The summed E-state index contributed by atoms with van der Waals surface area (Å²) in [6.07, 6.45) is 9.35. The number of fused-ring (bicyclic) bond motifs is 1. The lowest BCUT2D eigenvalue weighted by atomic mass is 9.82. The third-order valence-corrected chi connectivity index (χ3v) is 5.90. The number of hydrogen-bond donors (Lipinski definition) is 5. The van der Waals surface area contributed by atoms with Gasteiger partial charge >= 0.3 is 5.69 Å². The van der Waals surface area contributed by atoms with Gasteiger partial charge in [0.25, 0.3) is 5.56 Å². The van der Waals surface area contributed by atoms with Crippen LogP contribution in [-0.4, -0.2) is 37.2 Å². The fourth-order valence-corrected chi connectivity index (χ4v) is 4.07. The lowest BCUT2D eigenvalue weighted by Crippen LogP contribution is -2.30. The number of aromatic hydroxyl groups is 1. The van der Waals surface area contributed by atoms with E-state index in [1.165, 1.54) is 25.3 Å². The number of amides is 1. The third kappa shape index (κ3) is 8.45. The van der Waals surface area contributed by atoms with Gasteiger partial charge in [-0.2, -0.15) is 0 Å². The molecule has 2 heterocycles. The van der Waals surface area contributed by atoms with Crippen molar-refractivity contribution in [1.82, 2.24) is 20.3 Å². The number of H-pyrrole nitrogens is 2. The van der Waals surface area contributed by atoms with Crippen molar-refractivity contribution in [2.24, 2.45) is 0 Å². The number of aromatic nitrogens is 3. The van der Waals surface area contributed by atoms with Gasteiger partial charge in [-0.25, -0.2) is 18.0 Å². The highest BCUT2D eigenvalue weighted by atomic mass is 19.1. The quantitative estimate of drug-likeness (QED) is 0.322. The molecule has 0 saturated heterocycles. The van der Waals surface area contributed by atoms with Crippen molar-refractivity contribution in [2.45, 2.75) is 70.4 Å². The maximum absolute atomic E-state index is 13.0. The molecule has 1 atom stereocenters. The molecule has 1 unspecified atom stereocenters. The minimum Gasteiger partial charge on any atom is -0.504 e. The molecular weight excluding hydrogens is 493 g/mol. The van der Waals surface area contributed by atoms with E-state index >= 15 is 0 Å². The first kappa shape index (κ1) is 29.6. The molecule has 1 aliphatic carbocycles. The minimum absolute atomic E-state index is 0.0218. The van der Waals surface area contributed by atoms with Gasteiger partial charge in [0, 0.05) is 6.07 Å². The summed E-state index contributed by atoms with van der Waals surface area (Å²) in [4.78, 5) is 39.7. The van der Waals surface area contributed by atoms with Crippen LogP contribution in [0.25, 0.3) is 10.9 Å². The fourth-order valence-electron chi connectivity index (χ4n) is 4.07. The molecule has 1 saturated carbocycles. The van der Waals surface area contributed by atoms with Gasteiger partial charge < -0.3 is 20.5 Å². The molecule has 9 nitrogen and oxygen atoms in total. The molecule has 4 rings (SSSR count). The van der Waals surface area contributed by atoms with Crippen LogP contribution in [-0.2, 0) is 4.79 Å². The van der Waals surface area contributed by atoms with Crippen molar-refractivity contribution >= 4 is 17.3 Å². The van der Waals surface area contributed by atoms with Gasteiger partial charge in [-0.3, -0.25) is 19.6 Å². The van der Waals surface area contributed by atoms with Crippen molar-refractivity contribution in [2.75, 3.05) is 0 Å². The molecule has 12 heteroatoms. The number of nitrogens with zero attached hydrogens (tertiary/aromatic N) is 1. The number of halogens is 3. The first-order valence-corrected chi connectivity index (χ1v) is 11.9. The normalized spacial score (nSPS) is 15.0. The molecule has 5 N–H and O–H groups in total. The van der Waals surface area contributed by atoms with Gasteiger partial charge in [0.2, 0.25) is 6.41 Å². The molecule has 0 aliphatic heterocycles. The predicted molar refractivity (Wildman–Crippen MR) is 132 cm³/mol. The van der Waals surface area contributed by atoms with Gasteiger partial charge in [0.05, 0.1) is 29.1 Å². The Labute approximate surface area is 210 Å². The monoisotopic (exact) mass is 524 g/mol. The Morgan fingerprint density at radius 2 is 1.81 bits per heavy atom. The van der Waals surface area contributed by atoms with Crippen molar-refractivity contribution in [3.8, 4) is 5.75 Å². The van der Waals surface area contributed by atoms with Crippen molar-refractivity contribution in [3.05, 3.63) is 68.4 Å². The Hall–Kier alpha value is -3.67. The third-order valence-electron chi connectivity index (χ3n) is 5.90. The number of phenols is 1. The smallest absolute Gasteiger partial charge is 0.326 e. The summed E-state index contributed by atoms with van der Waals surface area (Å²) in [5, 5.41) is 21.1. The van der Waals surface area contributed by atoms with E-state index in [0.717, 1.165) is 44.0 Å². The number of hydrogen-bond acceptors (Lipinski definition) is 6. The second-order valence-electron chi connectivity index (χ2n) is 8.79. The van der Waals surface area contributed by atoms with Gasteiger partial charge in [0.1, 0.15) is 17.0 Å². The Bertz CT molecular complexity index is 1300. The predicted octanol–water partition coefficient (Wildman–Crippen LogP) is 3.71. The molecule has 202 valence electrons. The van der Waals surface area contributed by atoms with Crippen LogP contribution in [0.2, 0.25) is 0 Å². The van der Waals surface area contributed by atoms with Crippen LogP contribution in [0.3, 0.4) is 0 Å². The number of aromatic amines is 2. The summed E-state index contributed by atoms with van der Waals surface area (Å²) >= 11 is 0. The van der Waals surface area contributed by atoms with Crippen LogP contribution in [0.15, 0.2) is 34.0 Å². The van der Waals surface area contributed by atoms with E-state index in [9.17, 15) is 37.8 Å². The molecule has 0 spiro atoms. The average Bonchev–Trinajstić information content (AvgIpc) is 2.82. The maximum atomic E-state index is 13.0. The number of nitrogens with one attached hydrogen (secondary N) is 3. The van der Waals surface area contributed by atoms with Gasteiger partial charge in [0.15, 0.2) is 11.6 Å². The van der Waals surface area contributed by atoms with E-state index in [2.05, 4.69) is 22.2 Å². The van der Waals surface area contributed by atoms with Gasteiger partial charge in [-0.1, -0.05) is 32.6 Å². The molecule has 1 aliphatic rings. The number of carbonyl (C=O) groups excluding carboxylic acids is 1. The number of benzene rings is 1. The second-order valence-corrected chi connectivity index (χ2v) is 8.79. The van der Waals surface area contributed by atoms with E-state index in [1.54, 1.807) is 6.92 Å². The molecule has 0 bridgehead atoms. The zero-order valence-electron chi connectivity index (χ0n) is 20.6. The second kappa shape index (κ2) is 13.6. The minimum atomic E-state index is -0.907. The molecule has 37 heavy (non-hydrogen) atoms. The molecule has 1 aromatic carbocycles. The highest BCUT2D eigenvalue weighted by Gasteiger charge is 2.27. The molecular formula is C25H31F3N4O5. The van der Waals surface area contributed by atoms with Crippen LogP contribution in [0.1, 0.15) is 70.5 Å².